The minimum Gasteiger partial charge on any atom is -0.480 e. The average Bonchev–Trinajstić information content (AvgIpc) is 2.38. The molecular formula is C15H19NO3. The zero-order valence-electron chi connectivity index (χ0n) is 11.3. The van der Waals surface area contributed by atoms with Crippen LogP contribution in [0.25, 0.3) is 0 Å². The van der Waals surface area contributed by atoms with Crippen LogP contribution in [0.1, 0.15) is 35.7 Å². The molecule has 1 heterocycles. The molecule has 4 heteroatoms. The van der Waals surface area contributed by atoms with E-state index in [9.17, 15) is 14.7 Å². The van der Waals surface area contributed by atoms with Crippen molar-refractivity contribution in [1.82, 2.24) is 4.90 Å². The molecular weight excluding hydrogens is 242 g/mol. The summed E-state index contributed by atoms with van der Waals surface area (Å²) >= 11 is 0. The monoisotopic (exact) mass is 261 g/mol. The quantitative estimate of drug-likeness (QED) is 0.888. The van der Waals surface area contributed by atoms with E-state index in [0.29, 0.717) is 24.4 Å². The largest absolute Gasteiger partial charge is 0.480 e. The van der Waals surface area contributed by atoms with E-state index >= 15 is 0 Å². The van der Waals surface area contributed by atoms with Crippen molar-refractivity contribution >= 4 is 11.9 Å². The Balaban J connectivity index is 2.21. The predicted molar refractivity (Wildman–Crippen MR) is 72.0 cm³/mol. The Morgan fingerprint density at radius 2 is 1.89 bits per heavy atom. The topological polar surface area (TPSA) is 57.6 Å². The highest BCUT2D eigenvalue weighted by Gasteiger charge is 2.34. The van der Waals surface area contributed by atoms with Crippen LogP contribution in [-0.4, -0.2) is 34.5 Å². The minimum atomic E-state index is -0.910. The van der Waals surface area contributed by atoms with E-state index in [0.717, 1.165) is 12.0 Å². The molecule has 0 aromatic heterocycles. The molecule has 0 aliphatic carbocycles. The summed E-state index contributed by atoms with van der Waals surface area (Å²) in [6.07, 6.45) is 1.40. The lowest BCUT2D eigenvalue weighted by Gasteiger charge is -2.36. The van der Waals surface area contributed by atoms with Crippen molar-refractivity contribution in [3.63, 3.8) is 0 Å². The standard InChI is InChI=1S/C15H19NO3/c1-10-3-5-12(6-4-10)14(17)16-8-7-11(2)9-13(16)15(18)19/h3-6,11,13H,7-9H2,1-2H3,(H,18,19). The Morgan fingerprint density at radius 3 is 2.47 bits per heavy atom. The molecule has 2 rings (SSSR count). The van der Waals surface area contributed by atoms with Crippen LogP contribution in [-0.2, 0) is 4.79 Å². The lowest BCUT2D eigenvalue weighted by Crippen LogP contribution is -2.49. The number of carboxylic acids is 1. The van der Waals surface area contributed by atoms with Gasteiger partial charge < -0.3 is 10.0 Å². The Hall–Kier alpha value is -1.84. The number of nitrogens with zero attached hydrogens (tertiary/aromatic N) is 1. The molecule has 102 valence electrons. The summed E-state index contributed by atoms with van der Waals surface area (Å²) in [6, 6.07) is 6.56. The van der Waals surface area contributed by atoms with E-state index in [-0.39, 0.29) is 5.91 Å². The average molecular weight is 261 g/mol. The van der Waals surface area contributed by atoms with Gasteiger partial charge in [0.05, 0.1) is 0 Å². The lowest BCUT2D eigenvalue weighted by molar-refractivity contribution is -0.144. The van der Waals surface area contributed by atoms with Crippen molar-refractivity contribution in [2.45, 2.75) is 32.7 Å². The third-order valence-electron chi connectivity index (χ3n) is 3.71. The number of aliphatic carboxylic acids is 1. The summed E-state index contributed by atoms with van der Waals surface area (Å²) in [5.74, 6) is -0.741. The van der Waals surface area contributed by atoms with E-state index in [4.69, 9.17) is 0 Å². The maximum absolute atomic E-state index is 12.4. The fourth-order valence-corrected chi connectivity index (χ4v) is 2.48. The van der Waals surface area contributed by atoms with Gasteiger partial charge in [-0.3, -0.25) is 4.79 Å². The Morgan fingerprint density at radius 1 is 1.26 bits per heavy atom. The smallest absolute Gasteiger partial charge is 0.326 e. The van der Waals surface area contributed by atoms with Crippen LogP contribution < -0.4 is 0 Å². The van der Waals surface area contributed by atoms with Crippen molar-refractivity contribution in [1.29, 1.82) is 0 Å². The number of hydrogen-bond donors (Lipinski definition) is 1. The van der Waals surface area contributed by atoms with E-state index in [1.165, 1.54) is 4.90 Å². The van der Waals surface area contributed by atoms with Crippen molar-refractivity contribution in [2.24, 2.45) is 5.92 Å². The van der Waals surface area contributed by atoms with Gasteiger partial charge >= 0.3 is 5.97 Å². The summed E-state index contributed by atoms with van der Waals surface area (Å²) in [5.41, 5.74) is 1.64. The van der Waals surface area contributed by atoms with Gasteiger partial charge in [-0.15, -0.1) is 0 Å². The number of carbonyl (C=O) groups excluding carboxylic acids is 1. The molecule has 1 amide bonds. The zero-order chi connectivity index (χ0) is 14.0. The van der Waals surface area contributed by atoms with Gasteiger partial charge in [-0.1, -0.05) is 24.6 Å². The molecule has 2 unspecified atom stereocenters. The number of piperidine rings is 1. The van der Waals surface area contributed by atoms with E-state index in [2.05, 4.69) is 0 Å². The molecule has 19 heavy (non-hydrogen) atoms. The number of benzene rings is 1. The number of amides is 1. The summed E-state index contributed by atoms with van der Waals surface area (Å²) in [4.78, 5) is 25.2. The predicted octanol–water partition coefficient (Wildman–Crippen LogP) is 2.32. The minimum absolute atomic E-state index is 0.181. The Labute approximate surface area is 113 Å². The highest BCUT2D eigenvalue weighted by molar-refractivity contribution is 5.96. The van der Waals surface area contributed by atoms with Crippen LogP contribution in [0.15, 0.2) is 24.3 Å². The first-order chi connectivity index (χ1) is 8.99. The third-order valence-corrected chi connectivity index (χ3v) is 3.71. The van der Waals surface area contributed by atoms with Gasteiger partial charge in [0.15, 0.2) is 0 Å². The van der Waals surface area contributed by atoms with Gasteiger partial charge in [0.25, 0.3) is 5.91 Å². The molecule has 2 atom stereocenters. The van der Waals surface area contributed by atoms with Gasteiger partial charge in [0.1, 0.15) is 6.04 Å². The highest BCUT2D eigenvalue weighted by atomic mass is 16.4. The SMILES string of the molecule is Cc1ccc(C(=O)N2CCC(C)CC2C(=O)O)cc1. The van der Waals surface area contributed by atoms with Crippen LogP contribution in [0.4, 0.5) is 0 Å². The molecule has 1 fully saturated rings. The van der Waals surface area contributed by atoms with Gasteiger partial charge in [-0.25, -0.2) is 4.79 Å². The molecule has 1 N–H and O–H groups in total. The summed E-state index contributed by atoms with van der Waals surface area (Å²) in [5, 5.41) is 9.27. The Bertz CT molecular complexity index is 481. The zero-order valence-corrected chi connectivity index (χ0v) is 11.3. The molecule has 1 aliphatic heterocycles. The second-order valence-corrected chi connectivity index (χ2v) is 5.35. The van der Waals surface area contributed by atoms with Crippen LogP contribution in [0, 0.1) is 12.8 Å². The first-order valence-electron chi connectivity index (χ1n) is 6.59. The van der Waals surface area contributed by atoms with Crippen molar-refractivity contribution in [3.05, 3.63) is 35.4 Å². The molecule has 1 saturated heterocycles. The molecule has 4 nitrogen and oxygen atoms in total. The second-order valence-electron chi connectivity index (χ2n) is 5.35. The third kappa shape index (κ3) is 2.95. The van der Waals surface area contributed by atoms with Gasteiger partial charge in [-0.05, 0) is 37.8 Å². The number of likely N-dealkylation sites (tertiary alicyclic amines) is 1. The maximum Gasteiger partial charge on any atom is 0.326 e. The number of hydrogen-bond acceptors (Lipinski definition) is 2. The van der Waals surface area contributed by atoms with Crippen molar-refractivity contribution < 1.29 is 14.7 Å². The van der Waals surface area contributed by atoms with Crippen molar-refractivity contribution in [3.8, 4) is 0 Å². The van der Waals surface area contributed by atoms with Crippen molar-refractivity contribution in [2.75, 3.05) is 6.54 Å². The summed E-state index contributed by atoms with van der Waals surface area (Å²) in [6.45, 7) is 4.51. The number of carboxylic acid groups (broad SMARTS) is 1. The van der Waals surface area contributed by atoms with Crippen LogP contribution >= 0.6 is 0 Å². The summed E-state index contributed by atoms with van der Waals surface area (Å²) < 4.78 is 0. The second kappa shape index (κ2) is 5.43. The maximum atomic E-state index is 12.4. The molecule has 0 spiro atoms. The first kappa shape index (κ1) is 13.6. The molecule has 0 saturated carbocycles. The van der Waals surface area contributed by atoms with Crippen LogP contribution in [0.5, 0.6) is 0 Å². The molecule has 0 radical (unpaired) electrons. The van der Waals surface area contributed by atoms with Gasteiger partial charge in [-0.2, -0.15) is 0 Å². The van der Waals surface area contributed by atoms with Crippen LogP contribution in [0.3, 0.4) is 0 Å². The number of aryl methyl sites for hydroxylation is 1. The first-order valence-corrected chi connectivity index (χ1v) is 6.59. The highest BCUT2D eigenvalue weighted by Crippen LogP contribution is 2.24. The fourth-order valence-electron chi connectivity index (χ4n) is 2.48. The summed E-state index contributed by atoms with van der Waals surface area (Å²) in [7, 11) is 0. The number of rotatable bonds is 2. The normalized spacial score (nSPS) is 23.2. The molecule has 0 bridgehead atoms. The Kier molecular flexibility index (Phi) is 3.88. The van der Waals surface area contributed by atoms with E-state index < -0.39 is 12.0 Å². The number of carbonyl (C=O) groups is 2. The molecule has 1 aliphatic rings. The molecule has 1 aromatic carbocycles. The van der Waals surface area contributed by atoms with Gasteiger partial charge in [0.2, 0.25) is 0 Å². The fraction of sp³-hybridized carbons (Fsp3) is 0.467. The lowest BCUT2D eigenvalue weighted by atomic mass is 9.92. The van der Waals surface area contributed by atoms with Gasteiger partial charge in [0, 0.05) is 12.1 Å². The van der Waals surface area contributed by atoms with Crippen LogP contribution in [0.2, 0.25) is 0 Å². The molecule has 1 aromatic rings. The van der Waals surface area contributed by atoms with E-state index in [1.807, 2.05) is 26.0 Å². The van der Waals surface area contributed by atoms with E-state index in [1.54, 1.807) is 12.1 Å².